The van der Waals surface area contributed by atoms with E-state index in [4.69, 9.17) is 4.74 Å². The van der Waals surface area contributed by atoms with Crippen LogP contribution in [0.4, 0.5) is 5.13 Å². The minimum atomic E-state index is -0.286. The van der Waals surface area contributed by atoms with Crippen molar-refractivity contribution in [3.63, 3.8) is 0 Å². The molecule has 3 atom stereocenters. The Morgan fingerprint density at radius 2 is 2.00 bits per heavy atom. The largest absolute Gasteiger partial charge is 0.462 e. The van der Waals surface area contributed by atoms with E-state index in [1.54, 1.807) is 0 Å². The number of hydrogen-bond donors (Lipinski definition) is 1. The molecule has 1 aliphatic carbocycles. The molecule has 6 heteroatoms. The summed E-state index contributed by atoms with van der Waals surface area (Å²) in [4.78, 5) is 28.4. The highest BCUT2D eigenvalue weighted by Crippen LogP contribution is 2.31. The molecule has 2 aromatic rings. The lowest BCUT2D eigenvalue weighted by Gasteiger charge is -2.31. The van der Waals surface area contributed by atoms with Crippen molar-refractivity contribution >= 4 is 38.6 Å². The summed E-state index contributed by atoms with van der Waals surface area (Å²) in [6, 6.07) is 7.72. The lowest BCUT2D eigenvalue weighted by Crippen LogP contribution is -2.29. The first-order chi connectivity index (χ1) is 12.0. The number of esters is 1. The fourth-order valence-corrected chi connectivity index (χ4v) is 4.06. The number of carbonyl (C=O) groups is 2. The summed E-state index contributed by atoms with van der Waals surface area (Å²) in [5.41, 5.74) is 0.864. The first-order valence-corrected chi connectivity index (χ1v) is 9.68. The number of carbonyl (C=O) groups excluding carboxylic acids is 2. The normalized spacial score (nSPS) is 23.4. The number of nitrogens with zero attached hydrogens (tertiary/aromatic N) is 1. The number of benzene rings is 1. The highest BCUT2D eigenvalue weighted by atomic mass is 32.1. The van der Waals surface area contributed by atoms with Gasteiger partial charge in [0.25, 0.3) is 0 Å². The Hall–Kier alpha value is -1.95. The summed E-state index contributed by atoms with van der Waals surface area (Å²) in [7, 11) is 0. The molecule has 134 valence electrons. The molecule has 0 radical (unpaired) electrons. The fourth-order valence-electron chi connectivity index (χ4n) is 3.17. The van der Waals surface area contributed by atoms with Crippen LogP contribution in [0.1, 0.15) is 46.0 Å². The highest BCUT2D eigenvalue weighted by Gasteiger charge is 2.27. The van der Waals surface area contributed by atoms with Crippen molar-refractivity contribution in [1.82, 2.24) is 4.98 Å². The van der Waals surface area contributed by atoms with Gasteiger partial charge in [0.05, 0.1) is 16.6 Å². The zero-order valence-corrected chi connectivity index (χ0v) is 15.5. The Morgan fingerprint density at radius 3 is 2.76 bits per heavy atom. The van der Waals surface area contributed by atoms with Crippen LogP contribution in [0.25, 0.3) is 10.2 Å². The molecule has 3 rings (SSSR count). The van der Waals surface area contributed by atoms with Crippen molar-refractivity contribution in [3.8, 4) is 0 Å². The van der Waals surface area contributed by atoms with E-state index in [9.17, 15) is 9.59 Å². The molecule has 0 bridgehead atoms. The number of fused-ring (bicyclic) bond motifs is 1. The predicted molar refractivity (Wildman–Crippen MR) is 99.5 cm³/mol. The molecule has 1 aliphatic rings. The quantitative estimate of drug-likeness (QED) is 0.803. The van der Waals surface area contributed by atoms with Crippen LogP contribution in [0.5, 0.6) is 0 Å². The van der Waals surface area contributed by atoms with Crippen molar-refractivity contribution in [1.29, 1.82) is 0 Å². The summed E-state index contributed by atoms with van der Waals surface area (Å²) in [5.74, 6) is 0.774. The van der Waals surface area contributed by atoms with Crippen LogP contribution in [-0.4, -0.2) is 23.0 Å². The van der Waals surface area contributed by atoms with Gasteiger partial charge in [0, 0.05) is 6.42 Å². The zero-order valence-electron chi connectivity index (χ0n) is 14.7. The maximum atomic E-state index is 12.0. The molecule has 1 aromatic heterocycles. The van der Waals surface area contributed by atoms with Gasteiger partial charge in [-0.25, -0.2) is 4.98 Å². The fraction of sp³-hybridized carbons (Fsp3) is 0.526. The molecule has 5 nitrogen and oxygen atoms in total. The number of amides is 1. The van der Waals surface area contributed by atoms with Crippen molar-refractivity contribution in [3.05, 3.63) is 24.3 Å². The SMILES string of the molecule is C[C@@H]1C[C@@H](OC(=O)CCC(=O)Nc2nc3ccccc3s2)CC[C@@H]1C. The molecule has 0 unspecified atom stereocenters. The Bertz CT molecular complexity index is 725. The van der Waals surface area contributed by atoms with Crippen molar-refractivity contribution in [2.75, 3.05) is 5.32 Å². The van der Waals surface area contributed by atoms with Gasteiger partial charge in [0.1, 0.15) is 6.10 Å². The average Bonchev–Trinajstić information content (AvgIpc) is 2.98. The third-order valence-corrected chi connectivity index (χ3v) is 5.90. The summed E-state index contributed by atoms with van der Waals surface area (Å²) < 4.78 is 6.55. The van der Waals surface area contributed by atoms with Crippen LogP contribution >= 0.6 is 11.3 Å². The summed E-state index contributed by atoms with van der Waals surface area (Å²) in [6.45, 7) is 4.45. The summed E-state index contributed by atoms with van der Waals surface area (Å²) in [5, 5.41) is 3.33. The topological polar surface area (TPSA) is 68.3 Å². The smallest absolute Gasteiger partial charge is 0.306 e. The lowest BCUT2D eigenvalue weighted by atomic mass is 9.80. The molecular weight excluding hydrogens is 336 g/mol. The summed E-state index contributed by atoms with van der Waals surface area (Å²) >= 11 is 1.43. The van der Waals surface area contributed by atoms with Crippen molar-refractivity contribution in [2.24, 2.45) is 11.8 Å². The van der Waals surface area contributed by atoms with Gasteiger partial charge < -0.3 is 10.1 Å². The van der Waals surface area contributed by atoms with E-state index in [2.05, 4.69) is 24.1 Å². The number of hydrogen-bond acceptors (Lipinski definition) is 5. The number of thiazole rings is 1. The van der Waals surface area contributed by atoms with Gasteiger partial charge in [-0.2, -0.15) is 0 Å². The second kappa shape index (κ2) is 7.95. The van der Waals surface area contributed by atoms with Gasteiger partial charge in [0.15, 0.2) is 5.13 Å². The van der Waals surface area contributed by atoms with Gasteiger partial charge in [-0.05, 0) is 43.2 Å². The van der Waals surface area contributed by atoms with Crippen LogP contribution in [0.15, 0.2) is 24.3 Å². The lowest BCUT2D eigenvalue weighted by molar-refractivity contribution is -0.152. The van der Waals surface area contributed by atoms with E-state index in [1.165, 1.54) is 11.3 Å². The monoisotopic (exact) mass is 360 g/mol. The number of nitrogens with one attached hydrogen (secondary N) is 1. The van der Waals surface area contributed by atoms with Gasteiger partial charge in [-0.1, -0.05) is 37.3 Å². The molecule has 1 saturated carbocycles. The third-order valence-electron chi connectivity index (χ3n) is 4.94. The van der Waals surface area contributed by atoms with Gasteiger partial charge >= 0.3 is 5.97 Å². The second-order valence-electron chi connectivity index (χ2n) is 6.91. The van der Waals surface area contributed by atoms with E-state index in [0.717, 1.165) is 29.5 Å². The standard InChI is InChI=1S/C19H24N2O3S/c1-12-7-8-14(11-13(12)2)24-18(23)10-9-17(22)21-19-20-15-5-3-4-6-16(15)25-19/h3-6,12-14H,7-11H2,1-2H3,(H,20,21,22)/t12-,13+,14-/m0/s1. The van der Waals surface area contributed by atoms with Crippen LogP contribution in [0.3, 0.4) is 0 Å². The van der Waals surface area contributed by atoms with E-state index >= 15 is 0 Å². The van der Waals surface area contributed by atoms with Crippen LogP contribution < -0.4 is 5.32 Å². The minimum Gasteiger partial charge on any atom is -0.462 e. The molecule has 1 heterocycles. The van der Waals surface area contributed by atoms with Crippen LogP contribution in [-0.2, 0) is 14.3 Å². The average molecular weight is 360 g/mol. The molecule has 25 heavy (non-hydrogen) atoms. The van der Waals surface area contributed by atoms with E-state index in [0.29, 0.717) is 17.0 Å². The number of anilines is 1. The molecule has 1 amide bonds. The van der Waals surface area contributed by atoms with Gasteiger partial charge in [-0.15, -0.1) is 0 Å². The highest BCUT2D eigenvalue weighted by molar-refractivity contribution is 7.22. The van der Waals surface area contributed by atoms with E-state index in [-0.39, 0.29) is 30.8 Å². The molecule has 0 spiro atoms. The Morgan fingerprint density at radius 1 is 1.20 bits per heavy atom. The Kier molecular flexibility index (Phi) is 5.68. The number of aromatic nitrogens is 1. The summed E-state index contributed by atoms with van der Waals surface area (Å²) in [6.07, 6.45) is 3.17. The Labute approximate surface area is 151 Å². The molecule has 0 aliphatic heterocycles. The first-order valence-electron chi connectivity index (χ1n) is 8.86. The maximum absolute atomic E-state index is 12.0. The molecule has 1 aromatic carbocycles. The van der Waals surface area contributed by atoms with Gasteiger partial charge in [0.2, 0.25) is 5.91 Å². The van der Waals surface area contributed by atoms with Crippen LogP contribution in [0, 0.1) is 11.8 Å². The molecular formula is C19H24N2O3S. The van der Waals surface area contributed by atoms with E-state index in [1.807, 2.05) is 24.3 Å². The van der Waals surface area contributed by atoms with E-state index < -0.39 is 0 Å². The first kappa shape index (κ1) is 17.9. The number of ether oxygens (including phenoxy) is 1. The molecule has 1 N–H and O–H groups in total. The second-order valence-corrected chi connectivity index (χ2v) is 7.95. The van der Waals surface area contributed by atoms with Gasteiger partial charge in [-0.3, -0.25) is 9.59 Å². The third kappa shape index (κ3) is 4.78. The molecule has 0 saturated heterocycles. The van der Waals surface area contributed by atoms with Crippen molar-refractivity contribution < 1.29 is 14.3 Å². The maximum Gasteiger partial charge on any atom is 0.306 e. The minimum absolute atomic E-state index is 0.00558. The van der Waals surface area contributed by atoms with Crippen molar-refractivity contribution in [2.45, 2.75) is 52.1 Å². The predicted octanol–water partition coefficient (Wildman–Crippen LogP) is 4.38. The zero-order chi connectivity index (χ0) is 17.8. The van der Waals surface area contributed by atoms with Crippen LogP contribution in [0.2, 0.25) is 0 Å². The Balaban J connectivity index is 1.43. The number of para-hydroxylation sites is 1. The number of rotatable bonds is 5. The molecule has 1 fully saturated rings.